The van der Waals surface area contributed by atoms with Gasteiger partial charge in [-0.1, -0.05) is 37.8 Å². The summed E-state index contributed by atoms with van der Waals surface area (Å²) in [4.78, 5) is 9.37. The number of hydrogen-bond acceptors (Lipinski definition) is 4. The minimum Gasteiger partial charge on any atom is -0.369 e. The molecule has 0 aliphatic heterocycles. The number of fused-ring (bicyclic) bond motifs is 1. The molecule has 1 fully saturated rings. The topological polar surface area (TPSA) is 49.8 Å². The Morgan fingerprint density at radius 1 is 1.17 bits per heavy atom. The first-order valence-corrected chi connectivity index (χ1v) is 8.55. The van der Waals surface area contributed by atoms with Crippen molar-refractivity contribution in [3.05, 3.63) is 60.3 Å². The zero-order chi connectivity index (χ0) is 16.5. The summed E-state index contributed by atoms with van der Waals surface area (Å²) in [5.41, 5.74) is 3.08. The number of anilines is 2. The van der Waals surface area contributed by atoms with Crippen LogP contribution < -0.4 is 10.6 Å². The Balaban J connectivity index is 1.63. The maximum Gasteiger partial charge on any atom is 0.229 e. The predicted octanol–water partition coefficient (Wildman–Crippen LogP) is 4.51. The average Bonchev–Trinajstić information content (AvgIpc) is 3.40. The maximum atomic E-state index is 4.71. The molecule has 2 N–H and O–H groups in total. The minimum atomic E-state index is 0.324. The van der Waals surface area contributed by atoms with Gasteiger partial charge in [0.15, 0.2) is 0 Å². The highest BCUT2D eigenvalue weighted by Gasteiger charge is 2.21. The largest absolute Gasteiger partial charge is 0.369 e. The number of rotatable bonds is 5. The second-order valence-corrected chi connectivity index (χ2v) is 6.68. The summed E-state index contributed by atoms with van der Waals surface area (Å²) in [6.07, 6.45) is 8.86. The van der Waals surface area contributed by atoms with Crippen LogP contribution in [0.15, 0.2) is 60.3 Å². The summed E-state index contributed by atoms with van der Waals surface area (Å²) >= 11 is 0. The highest BCUT2D eigenvalue weighted by Crippen LogP contribution is 2.30. The van der Waals surface area contributed by atoms with Crippen molar-refractivity contribution >= 4 is 22.7 Å². The van der Waals surface area contributed by atoms with Crippen molar-refractivity contribution in [2.24, 2.45) is 11.8 Å². The van der Waals surface area contributed by atoms with Gasteiger partial charge in [-0.15, -0.1) is 0 Å². The number of nitrogens with zero attached hydrogens (tertiary/aromatic N) is 2. The lowest BCUT2D eigenvalue weighted by Crippen LogP contribution is -2.11. The second-order valence-electron chi connectivity index (χ2n) is 6.68. The van der Waals surface area contributed by atoms with Crippen LogP contribution in [0.3, 0.4) is 0 Å². The fourth-order valence-electron chi connectivity index (χ4n) is 2.82. The lowest BCUT2D eigenvalue weighted by Gasteiger charge is -2.16. The van der Waals surface area contributed by atoms with Crippen LogP contribution in [0.5, 0.6) is 0 Å². The molecule has 2 aliphatic carbocycles. The van der Waals surface area contributed by atoms with Gasteiger partial charge in [0.2, 0.25) is 5.95 Å². The quantitative estimate of drug-likeness (QED) is 0.851. The number of allylic oxidation sites excluding steroid dienone is 4. The molecule has 1 aromatic carbocycles. The summed E-state index contributed by atoms with van der Waals surface area (Å²) in [6.45, 7) is 7.16. The Labute approximate surface area is 142 Å². The molecule has 1 saturated carbocycles. The molecule has 2 aliphatic rings. The smallest absolute Gasteiger partial charge is 0.229 e. The molecule has 1 unspecified atom stereocenters. The summed E-state index contributed by atoms with van der Waals surface area (Å²) < 4.78 is 0. The highest BCUT2D eigenvalue weighted by atomic mass is 15.1. The van der Waals surface area contributed by atoms with Crippen LogP contribution >= 0.6 is 0 Å². The SMILES string of the molecule is C=C1C=CC(Nc2nc(NCC3CC3)c3ccccc3n2)=CC1C. The third-order valence-electron chi connectivity index (χ3n) is 4.61. The molecule has 1 aromatic heterocycles. The van der Waals surface area contributed by atoms with Crippen LogP contribution in [-0.2, 0) is 0 Å². The third-order valence-corrected chi connectivity index (χ3v) is 4.61. The molecule has 24 heavy (non-hydrogen) atoms. The fraction of sp³-hybridized carbons (Fsp3) is 0.300. The van der Waals surface area contributed by atoms with Crippen LogP contribution in [0.1, 0.15) is 19.8 Å². The molecule has 0 amide bonds. The number of para-hydroxylation sites is 1. The molecule has 0 radical (unpaired) electrons. The van der Waals surface area contributed by atoms with Gasteiger partial charge in [0.25, 0.3) is 0 Å². The third kappa shape index (κ3) is 3.18. The standard InChI is InChI=1S/C20H22N4/c1-13-7-10-16(11-14(13)2)22-20-23-18-6-4-3-5-17(18)19(24-20)21-12-15-8-9-15/h3-7,10-11,14-15H,1,8-9,12H2,2H3,(H2,21,22,23,24). The van der Waals surface area contributed by atoms with Gasteiger partial charge >= 0.3 is 0 Å². The summed E-state index contributed by atoms with van der Waals surface area (Å²) in [5.74, 6) is 2.66. The Morgan fingerprint density at radius 3 is 2.79 bits per heavy atom. The van der Waals surface area contributed by atoms with E-state index in [0.717, 1.165) is 40.5 Å². The van der Waals surface area contributed by atoms with E-state index in [1.807, 2.05) is 30.4 Å². The van der Waals surface area contributed by atoms with E-state index in [2.05, 4.69) is 41.3 Å². The summed E-state index contributed by atoms with van der Waals surface area (Å²) in [6, 6.07) is 8.14. The van der Waals surface area contributed by atoms with Gasteiger partial charge in [0, 0.05) is 23.5 Å². The Kier molecular flexibility index (Phi) is 3.81. The van der Waals surface area contributed by atoms with Crippen LogP contribution in [-0.4, -0.2) is 16.5 Å². The van der Waals surface area contributed by atoms with Gasteiger partial charge in [-0.3, -0.25) is 0 Å². The first-order valence-electron chi connectivity index (χ1n) is 8.55. The molecule has 1 atom stereocenters. The molecule has 4 heteroatoms. The Morgan fingerprint density at radius 2 is 2.00 bits per heavy atom. The van der Waals surface area contributed by atoms with Crippen molar-refractivity contribution in [3.8, 4) is 0 Å². The van der Waals surface area contributed by atoms with Crippen molar-refractivity contribution in [2.45, 2.75) is 19.8 Å². The average molecular weight is 318 g/mol. The lowest BCUT2D eigenvalue weighted by atomic mass is 9.97. The molecule has 4 nitrogen and oxygen atoms in total. The first kappa shape index (κ1) is 14.9. The van der Waals surface area contributed by atoms with Gasteiger partial charge < -0.3 is 10.6 Å². The molecular weight excluding hydrogens is 296 g/mol. The molecule has 0 bridgehead atoms. The van der Waals surface area contributed by atoms with Gasteiger partial charge in [-0.25, -0.2) is 4.98 Å². The van der Waals surface area contributed by atoms with Crippen molar-refractivity contribution in [1.82, 2.24) is 9.97 Å². The van der Waals surface area contributed by atoms with E-state index in [4.69, 9.17) is 4.98 Å². The van der Waals surface area contributed by atoms with E-state index in [0.29, 0.717) is 11.9 Å². The Bertz CT molecular complexity index is 846. The maximum absolute atomic E-state index is 4.71. The van der Waals surface area contributed by atoms with E-state index in [1.54, 1.807) is 0 Å². The molecule has 0 spiro atoms. The van der Waals surface area contributed by atoms with E-state index in [-0.39, 0.29) is 0 Å². The number of benzene rings is 1. The molecule has 0 saturated heterocycles. The lowest BCUT2D eigenvalue weighted by molar-refractivity contribution is 0.875. The van der Waals surface area contributed by atoms with E-state index >= 15 is 0 Å². The zero-order valence-electron chi connectivity index (χ0n) is 13.9. The first-order chi connectivity index (χ1) is 11.7. The summed E-state index contributed by atoms with van der Waals surface area (Å²) in [7, 11) is 0. The van der Waals surface area contributed by atoms with Crippen molar-refractivity contribution in [1.29, 1.82) is 0 Å². The minimum absolute atomic E-state index is 0.324. The monoisotopic (exact) mass is 318 g/mol. The van der Waals surface area contributed by atoms with Gasteiger partial charge in [-0.05, 0) is 42.5 Å². The molecule has 2 aromatic rings. The number of aromatic nitrogens is 2. The zero-order valence-corrected chi connectivity index (χ0v) is 13.9. The van der Waals surface area contributed by atoms with E-state index < -0.39 is 0 Å². The molecule has 1 heterocycles. The number of nitrogens with one attached hydrogen (secondary N) is 2. The normalized spacial score (nSPS) is 20.1. The van der Waals surface area contributed by atoms with Gasteiger partial charge in [-0.2, -0.15) is 4.98 Å². The van der Waals surface area contributed by atoms with Crippen molar-refractivity contribution in [2.75, 3.05) is 17.2 Å². The van der Waals surface area contributed by atoms with E-state index in [1.165, 1.54) is 12.8 Å². The predicted molar refractivity (Wildman–Crippen MR) is 99.9 cm³/mol. The van der Waals surface area contributed by atoms with Crippen LogP contribution in [0.25, 0.3) is 10.9 Å². The van der Waals surface area contributed by atoms with Crippen LogP contribution in [0, 0.1) is 11.8 Å². The molecule has 122 valence electrons. The molecular formula is C20H22N4. The number of hydrogen-bond donors (Lipinski definition) is 2. The highest BCUT2D eigenvalue weighted by molar-refractivity contribution is 5.90. The second kappa shape index (κ2) is 6.11. The van der Waals surface area contributed by atoms with Gasteiger partial charge in [0.1, 0.15) is 5.82 Å². The summed E-state index contributed by atoms with van der Waals surface area (Å²) in [5, 5.41) is 7.91. The molecule has 4 rings (SSSR count). The van der Waals surface area contributed by atoms with Crippen molar-refractivity contribution < 1.29 is 0 Å². The van der Waals surface area contributed by atoms with Gasteiger partial charge in [0.05, 0.1) is 5.52 Å². The Hall–Kier alpha value is -2.62. The fourth-order valence-corrected chi connectivity index (χ4v) is 2.82. The van der Waals surface area contributed by atoms with Crippen molar-refractivity contribution in [3.63, 3.8) is 0 Å². The van der Waals surface area contributed by atoms with Crippen LogP contribution in [0.4, 0.5) is 11.8 Å². The van der Waals surface area contributed by atoms with E-state index in [9.17, 15) is 0 Å². The van der Waals surface area contributed by atoms with Crippen LogP contribution in [0.2, 0.25) is 0 Å².